The molecule has 0 aliphatic heterocycles. The van der Waals surface area contributed by atoms with E-state index in [0.717, 1.165) is 16.7 Å². The Labute approximate surface area is 125 Å². The van der Waals surface area contributed by atoms with E-state index in [2.05, 4.69) is 9.97 Å². The molecule has 0 unspecified atom stereocenters. The van der Waals surface area contributed by atoms with E-state index in [1.165, 1.54) is 18.2 Å². The Hall–Kier alpha value is -3.10. The number of aromatic nitrogens is 3. The summed E-state index contributed by atoms with van der Waals surface area (Å²) in [6.45, 7) is 0. The van der Waals surface area contributed by atoms with Gasteiger partial charge in [0.25, 0.3) is 0 Å². The number of hydrogen-bond donors (Lipinski definition) is 2. The maximum absolute atomic E-state index is 12.6. The number of halogens is 3. The van der Waals surface area contributed by atoms with Gasteiger partial charge in [0, 0.05) is 6.20 Å². The molecule has 2 aromatic heterocycles. The molecule has 23 heavy (non-hydrogen) atoms. The van der Waals surface area contributed by atoms with Crippen LogP contribution in [-0.2, 0) is 6.18 Å². The van der Waals surface area contributed by atoms with Crippen molar-refractivity contribution in [3.05, 3.63) is 58.1 Å². The Balaban J connectivity index is 2.19. The zero-order chi connectivity index (χ0) is 16.8. The molecular formula is C14H8F3N3O3. The topological polar surface area (TPSA) is 88.0 Å². The van der Waals surface area contributed by atoms with Crippen LogP contribution in [0.1, 0.15) is 15.9 Å². The van der Waals surface area contributed by atoms with E-state index >= 15 is 0 Å². The molecule has 0 aliphatic rings. The number of carboxylic acid groups (broad SMARTS) is 1. The number of alkyl halides is 3. The highest BCUT2D eigenvalue weighted by Crippen LogP contribution is 2.28. The highest BCUT2D eigenvalue weighted by atomic mass is 19.4. The monoisotopic (exact) mass is 323 g/mol. The molecule has 0 saturated heterocycles. The van der Waals surface area contributed by atoms with Crippen LogP contribution in [0.25, 0.3) is 16.9 Å². The minimum atomic E-state index is -4.53. The molecule has 0 radical (unpaired) electrons. The summed E-state index contributed by atoms with van der Waals surface area (Å²) in [5, 5.41) is 9.00. The van der Waals surface area contributed by atoms with Crippen molar-refractivity contribution in [3.8, 4) is 5.82 Å². The number of nitrogens with one attached hydrogen (secondary N) is 1. The summed E-state index contributed by atoms with van der Waals surface area (Å²) in [5.41, 5.74) is -1.07. The van der Waals surface area contributed by atoms with E-state index in [-0.39, 0.29) is 16.9 Å². The van der Waals surface area contributed by atoms with Crippen molar-refractivity contribution in [2.45, 2.75) is 6.18 Å². The summed E-state index contributed by atoms with van der Waals surface area (Å²) in [7, 11) is 0. The third kappa shape index (κ3) is 2.56. The first-order chi connectivity index (χ1) is 10.8. The quantitative estimate of drug-likeness (QED) is 0.758. The number of imidazole rings is 1. The van der Waals surface area contributed by atoms with Crippen molar-refractivity contribution in [3.63, 3.8) is 0 Å². The van der Waals surface area contributed by atoms with Gasteiger partial charge in [-0.15, -0.1) is 0 Å². The van der Waals surface area contributed by atoms with Gasteiger partial charge >= 0.3 is 17.8 Å². The lowest BCUT2D eigenvalue weighted by atomic mass is 10.2. The van der Waals surface area contributed by atoms with Crippen LogP contribution in [0.2, 0.25) is 0 Å². The van der Waals surface area contributed by atoms with Crippen molar-refractivity contribution in [2.75, 3.05) is 0 Å². The fourth-order valence-corrected chi connectivity index (χ4v) is 2.15. The first-order valence-corrected chi connectivity index (χ1v) is 6.29. The van der Waals surface area contributed by atoms with Gasteiger partial charge in [0.2, 0.25) is 0 Å². The number of H-pyrrole nitrogens is 1. The maximum Gasteiger partial charge on any atom is 0.417 e. The second-order valence-electron chi connectivity index (χ2n) is 4.71. The van der Waals surface area contributed by atoms with Gasteiger partial charge in [-0.05, 0) is 30.3 Å². The van der Waals surface area contributed by atoms with E-state index in [0.29, 0.717) is 11.7 Å². The lowest BCUT2D eigenvalue weighted by Gasteiger charge is -2.07. The first-order valence-electron chi connectivity index (χ1n) is 6.29. The summed E-state index contributed by atoms with van der Waals surface area (Å²) in [5.74, 6) is -1.23. The lowest BCUT2D eigenvalue weighted by molar-refractivity contribution is -0.137. The molecule has 2 heterocycles. The van der Waals surface area contributed by atoms with E-state index < -0.39 is 23.4 Å². The van der Waals surface area contributed by atoms with Crippen molar-refractivity contribution in [1.29, 1.82) is 0 Å². The molecule has 0 saturated carbocycles. The van der Waals surface area contributed by atoms with Crippen molar-refractivity contribution in [1.82, 2.24) is 14.5 Å². The molecule has 0 fully saturated rings. The molecule has 3 rings (SSSR count). The summed E-state index contributed by atoms with van der Waals surface area (Å²) in [6, 6.07) is 5.81. The van der Waals surface area contributed by atoms with Crippen LogP contribution in [-0.4, -0.2) is 25.6 Å². The normalized spacial score (nSPS) is 11.8. The van der Waals surface area contributed by atoms with Crippen molar-refractivity contribution < 1.29 is 23.1 Å². The second kappa shape index (κ2) is 4.97. The molecule has 0 amide bonds. The van der Waals surface area contributed by atoms with Crippen LogP contribution in [0.4, 0.5) is 13.2 Å². The molecule has 0 bridgehead atoms. The number of fused-ring (bicyclic) bond motifs is 1. The predicted octanol–water partition coefficient (Wildman–Crippen LogP) is 2.43. The third-order valence-electron chi connectivity index (χ3n) is 3.23. The first kappa shape index (κ1) is 14.8. The average molecular weight is 323 g/mol. The summed E-state index contributed by atoms with van der Waals surface area (Å²) in [6.07, 6.45) is -3.92. The van der Waals surface area contributed by atoms with E-state index in [9.17, 15) is 22.8 Å². The second-order valence-corrected chi connectivity index (χ2v) is 4.71. The Morgan fingerprint density at radius 1 is 1.22 bits per heavy atom. The van der Waals surface area contributed by atoms with Gasteiger partial charge in [-0.3, -0.25) is 0 Å². The van der Waals surface area contributed by atoms with E-state index in [4.69, 9.17) is 5.11 Å². The highest BCUT2D eigenvalue weighted by molar-refractivity contribution is 5.92. The van der Waals surface area contributed by atoms with Crippen molar-refractivity contribution in [2.24, 2.45) is 0 Å². The van der Waals surface area contributed by atoms with Gasteiger partial charge in [-0.2, -0.15) is 13.2 Å². The molecule has 2 N–H and O–H groups in total. The molecule has 0 atom stereocenters. The molecule has 1 aromatic carbocycles. The SMILES string of the molecule is O=C(O)c1ccc2[nH]c(=O)n(-c3ccc(C(F)(F)F)cn3)c2c1. The number of carboxylic acids is 1. The van der Waals surface area contributed by atoms with Gasteiger partial charge in [0.1, 0.15) is 5.82 Å². The van der Waals surface area contributed by atoms with Gasteiger partial charge in [-0.1, -0.05) is 0 Å². The molecule has 0 spiro atoms. The van der Waals surface area contributed by atoms with Crippen LogP contribution in [0.15, 0.2) is 41.3 Å². The standard InChI is InChI=1S/C14H8F3N3O3/c15-14(16,17)8-2-4-11(18-6-8)20-10-5-7(12(21)22)1-3-9(10)19-13(20)23/h1-6H,(H,19,23)(H,21,22). The van der Waals surface area contributed by atoms with Gasteiger partial charge < -0.3 is 10.1 Å². The molecule has 118 valence electrons. The number of pyridine rings is 1. The number of benzene rings is 1. The zero-order valence-corrected chi connectivity index (χ0v) is 11.3. The molecule has 6 nitrogen and oxygen atoms in total. The van der Waals surface area contributed by atoms with Gasteiger partial charge in [0.15, 0.2) is 0 Å². The van der Waals surface area contributed by atoms with Crippen LogP contribution in [0.5, 0.6) is 0 Å². The number of nitrogens with zero attached hydrogens (tertiary/aromatic N) is 2. The van der Waals surface area contributed by atoms with Crippen LogP contribution in [0, 0.1) is 0 Å². The average Bonchev–Trinajstić information content (AvgIpc) is 2.81. The Morgan fingerprint density at radius 3 is 2.52 bits per heavy atom. The Morgan fingerprint density at radius 2 is 1.96 bits per heavy atom. The number of hydrogen-bond acceptors (Lipinski definition) is 3. The summed E-state index contributed by atoms with van der Waals surface area (Å²) in [4.78, 5) is 29.2. The molecule has 3 aromatic rings. The van der Waals surface area contributed by atoms with Gasteiger partial charge in [-0.25, -0.2) is 19.1 Å². The van der Waals surface area contributed by atoms with Gasteiger partial charge in [0.05, 0.1) is 22.2 Å². The summed E-state index contributed by atoms with van der Waals surface area (Å²) >= 11 is 0. The predicted molar refractivity (Wildman–Crippen MR) is 73.7 cm³/mol. The van der Waals surface area contributed by atoms with E-state index in [1.807, 2.05) is 0 Å². The smallest absolute Gasteiger partial charge is 0.417 e. The van der Waals surface area contributed by atoms with Crippen LogP contribution >= 0.6 is 0 Å². The van der Waals surface area contributed by atoms with Crippen LogP contribution < -0.4 is 5.69 Å². The zero-order valence-electron chi connectivity index (χ0n) is 11.3. The third-order valence-corrected chi connectivity index (χ3v) is 3.23. The van der Waals surface area contributed by atoms with Crippen molar-refractivity contribution >= 4 is 17.0 Å². The fourth-order valence-electron chi connectivity index (χ4n) is 2.15. The molecule has 0 aliphatic carbocycles. The number of aromatic amines is 1. The molecule has 9 heteroatoms. The molecular weight excluding hydrogens is 315 g/mol. The maximum atomic E-state index is 12.6. The lowest BCUT2D eigenvalue weighted by Crippen LogP contribution is -2.16. The number of carbonyl (C=O) groups is 1. The number of rotatable bonds is 2. The largest absolute Gasteiger partial charge is 0.478 e. The number of aromatic carboxylic acids is 1. The minimum absolute atomic E-state index is 0.0446. The van der Waals surface area contributed by atoms with E-state index in [1.54, 1.807) is 0 Å². The summed E-state index contributed by atoms with van der Waals surface area (Å²) < 4.78 is 38.7. The van der Waals surface area contributed by atoms with Crippen LogP contribution in [0.3, 0.4) is 0 Å². The fraction of sp³-hybridized carbons (Fsp3) is 0.0714. The minimum Gasteiger partial charge on any atom is -0.478 e. The Kier molecular flexibility index (Phi) is 3.20. The Bertz CT molecular complexity index is 955. The highest BCUT2D eigenvalue weighted by Gasteiger charge is 2.30.